The second kappa shape index (κ2) is 17.9. The molecule has 1 aromatic rings. The molecule has 0 saturated carbocycles. The summed E-state index contributed by atoms with van der Waals surface area (Å²) in [5, 5.41) is 10.3. The van der Waals surface area contributed by atoms with E-state index in [1.165, 1.54) is 89.9 Å². The van der Waals surface area contributed by atoms with Gasteiger partial charge in [0.2, 0.25) is 0 Å². The molecule has 0 aliphatic rings. The molecule has 0 heterocycles. The van der Waals surface area contributed by atoms with Crippen LogP contribution in [-0.4, -0.2) is 11.7 Å². The highest BCUT2D eigenvalue weighted by Crippen LogP contribution is 2.29. The van der Waals surface area contributed by atoms with Crippen LogP contribution in [0.2, 0.25) is 0 Å². The van der Waals surface area contributed by atoms with E-state index in [-0.39, 0.29) is 0 Å². The van der Waals surface area contributed by atoms with Gasteiger partial charge in [0.1, 0.15) is 11.5 Å². The topological polar surface area (TPSA) is 29.5 Å². The van der Waals surface area contributed by atoms with Gasteiger partial charge in [0.25, 0.3) is 0 Å². The molecule has 0 fully saturated rings. The summed E-state index contributed by atoms with van der Waals surface area (Å²) >= 11 is 0. The molecule has 0 radical (unpaired) electrons. The van der Waals surface area contributed by atoms with Crippen LogP contribution < -0.4 is 4.74 Å². The fraction of sp³-hybridized carbons (Fsp3) is 0.769. The Hall–Kier alpha value is -1.18. The zero-order valence-corrected chi connectivity index (χ0v) is 18.8. The molecular formula is C26H46O2. The maximum Gasteiger partial charge on any atom is 0.126 e. The van der Waals surface area contributed by atoms with Gasteiger partial charge in [0, 0.05) is 5.56 Å². The lowest BCUT2D eigenvalue weighted by Gasteiger charge is -2.13. The van der Waals surface area contributed by atoms with Crippen molar-refractivity contribution in [1.29, 1.82) is 0 Å². The average Bonchev–Trinajstić information content (AvgIpc) is 2.70. The summed E-state index contributed by atoms with van der Waals surface area (Å²) in [7, 11) is 0. The molecule has 0 aliphatic carbocycles. The van der Waals surface area contributed by atoms with Gasteiger partial charge in [-0.2, -0.15) is 0 Å². The zero-order chi connectivity index (χ0) is 20.3. The van der Waals surface area contributed by atoms with E-state index in [2.05, 4.69) is 13.8 Å². The van der Waals surface area contributed by atoms with Crippen molar-refractivity contribution >= 4 is 0 Å². The van der Waals surface area contributed by atoms with Crippen molar-refractivity contribution in [3.8, 4) is 11.5 Å². The molecule has 0 saturated heterocycles. The normalized spacial score (nSPS) is 11.1. The summed E-state index contributed by atoms with van der Waals surface area (Å²) < 4.78 is 6.03. The van der Waals surface area contributed by atoms with E-state index in [0.29, 0.717) is 5.75 Å². The molecule has 0 amide bonds. The Morgan fingerprint density at radius 1 is 0.643 bits per heavy atom. The SMILES string of the molecule is CCCCCCCCCCOc1cccc(O)c1CCCCCCCCCC. The fourth-order valence-corrected chi connectivity index (χ4v) is 3.79. The van der Waals surface area contributed by atoms with Gasteiger partial charge in [0.05, 0.1) is 6.61 Å². The highest BCUT2D eigenvalue weighted by molar-refractivity contribution is 5.43. The summed E-state index contributed by atoms with van der Waals surface area (Å²) in [5.74, 6) is 1.29. The molecule has 0 spiro atoms. The van der Waals surface area contributed by atoms with Crippen molar-refractivity contribution in [3.05, 3.63) is 23.8 Å². The first-order chi connectivity index (χ1) is 13.8. The van der Waals surface area contributed by atoms with Crippen molar-refractivity contribution in [3.63, 3.8) is 0 Å². The van der Waals surface area contributed by atoms with Crippen LogP contribution >= 0.6 is 0 Å². The Labute approximate surface area is 175 Å². The van der Waals surface area contributed by atoms with Crippen LogP contribution in [0.1, 0.15) is 122 Å². The zero-order valence-electron chi connectivity index (χ0n) is 18.8. The van der Waals surface area contributed by atoms with E-state index in [4.69, 9.17) is 4.74 Å². The molecule has 0 bridgehead atoms. The standard InChI is InChI=1S/C26H46O2/c1-3-5-7-9-11-13-15-17-20-24-25(27)21-19-22-26(24)28-23-18-16-14-12-10-8-6-4-2/h19,21-22,27H,3-18,20,23H2,1-2H3. The molecule has 0 aromatic heterocycles. The number of ether oxygens (including phenoxy) is 1. The summed E-state index contributed by atoms with van der Waals surface area (Å²) in [6, 6.07) is 5.71. The maximum absolute atomic E-state index is 10.3. The monoisotopic (exact) mass is 390 g/mol. The minimum atomic E-state index is 0.399. The fourth-order valence-electron chi connectivity index (χ4n) is 3.79. The second-order valence-corrected chi connectivity index (χ2v) is 8.30. The van der Waals surface area contributed by atoms with E-state index >= 15 is 0 Å². The van der Waals surface area contributed by atoms with Gasteiger partial charge in [-0.25, -0.2) is 0 Å². The van der Waals surface area contributed by atoms with E-state index < -0.39 is 0 Å². The van der Waals surface area contributed by atoms with Gasteiger partial charge in [-0.15, -0.1) is 0 Å². The Kier molecular flexibility index (Phi) is 15.9. The van der Waals surface area contributed by atoms with E-state index in [0.717, 1.165) is 37.2 Å². The van der Waals surface area contributed by atoms with Crippen LogP contribution in [0.15, 0.2) is 18.2 Å². The van der Waals surface area contributed by atoms with Gasteiger partial charge in [-0.3, -0.25) is 0 Å². The minimum absolute atomic E-state index is 0.399. The van der Waals surface area contributed by atoms with Crippen LogP contribution in [0.25, 0.3) is 0 Å². The number of hydrogen-bond donors (Lipinski definition) is 1. The Morgan fingerprint density at radius 2 is 1.14 bits per heavy atom. The van der Waals surface area contributed by atoms with Crippen LogP contribution in [0.3, 0.4) is 0 Å². The lowest BCUT2D eigenvalue weighted by molar-refractivity contribution is 0.298. The lowest BCUT2D eigenvalue weighted by atomic mass is 10.0. The summed E-state index contributed by atoms with van der Waals surface area (Å²) in [4.78, 5) is 0. The van der Waals surface area contributed by atoms with Crippen LogP contribution in [0.4, 0.5) is 0 Å². The first-order valence-corrected chi connectivity index (χ1v) is 12.2. The molecule has 2 heteroatoms. The van der Waals surface area contributed by atoms with Gasteiger partial charge in [0.15, 0.2) is 0 Å². The van der Waals surface area contributed by atoms with E-state index in [1.54, 1.807) is 6.07 Å². The van der Waals surface area contributed by atoms with Crippen molar-refractivity contribution in [1.82, 2.24) is 0 Å². The highest BCUT2D eigenvalue weighted by Gasteiger charge is 2.09. The Morgan fingerprint density at radius 3 is 1.71 bits per heavy atom. The Bertz CT molecular complexity index is 470. The minimum Gasteiger partial charge on any atom is -0.508 e. The van der Waals surface area contributed by atoms with Crippen LogP contribution in [0, 0.1) is 0 Å². The maximum atomic E-state index is 10.3. The summed E-state index contributed by atoms with van der Waals surface area (Å²) in [6.07, 6.45) is 21.9. The molecule has 2 nitrogen and oxygen atoms in total. The van der Waals surface area contributed by atoms with Gasteiger partial charge in [-0.1, -0.05) is 110 Å². The first kappa shape index (κ1) is 24.9. The van der Waals surface area contributed by atoms with Crippen molar-refractivity contribution in [2.45, 2.75) is 123 Å². The largest absolute Gasteiger partial charge is 0.508 e. The average molecular weight is 391 g/mol. The van der Waals surface area contributed by atoms with Gasteiger partial charge >= 0.3 is 0 Å². The van der Waals surface area contributed by atoms with Crippen molar-refractivity contribution < 1.29 is 9.84 Å². The van der Waals surface area contributed by atoms with Crippen LogP contribution in [0.5, 0.6) is 11.5 Å². The van der Waals surface area contributed by atoms with Crippen molar-refractivity contribution in [2.24, 2.45) is 0 Å². The van der Waals surface area contributed by atoms with Gasteiger partial charge < -0.3 is 9.84 Å². The third kappa shape index (κ3) is 12.3. The van der Waals surface area contributed by atoms with Crippen molar-refractivity contribution in [2.75, 3.05) is 6.61 Å². The third-order valence-electron chi connectivity index (χ3n) is 5.64. The Balaban J connectivity index is 2.18. The molecule has 0 atom stereocenters. The molecular weight excluding hydrogens is 344 g/mol. The predicted molar refractivity (Wildman–Crippen MR) is 123 cm³/mol. The number of benzene rings is 1. The molecule has 0 aliphatic heterocycles. The molecule has 1 aromatic carbocycles. The molecule has 1 N–H and O–H groups in total. The summed E-state index contributed by atoms with van der Waals surface area (Å²) in [6.45, 7) is 5.30. The number of rotatable bonds is 19. The number of phenols is 1. The van der Waals surface area contributed by atoms with Gasteiger partial charge in [-0.05, 0) is 31.4 Å². The molecule has 28 heavy (non-hydrogen) atoms. The molecule has 162 valence electrons. The number of unbranched alkanes of at least 4 members (excludes halogenated alkanes) is 14. The lowest BCUT2D eigenvalue weighted by Crippen LogP contribution is -2.01. The van der Waals surface area contributed by atoms with E-state index in [9.17, 15) is 5.11 Å². The number of aromatic hydroxyl groups is 1. The van der Waals surface area contributed by atoms with E-state index in [1.807, 2.05) is 12.1 Å². The first-order valence-electron chi connectivity index (χ1n) is 12.2. The number of hydrogen-bond acceptors (Lipinski definition) is 2. The van der Waals surface area contributed by atoms with Crippen LogP contribution in [-0.2, 0) is 6.42 Å². The second-order valence-electron chi connectivity index (χ2n) is 8.30. The summed E-state index contributed by atoms with van der Waals surface area (Å²) in [5.41, 5.74) is 1.01. The highest BCUT2D eigenvalue weighted by atomic mass is 16.5. The smallest absolute Gasteiger partial charge is 0.126 e. The number of phenolic OH excluding ortho intramolecular Hbond substituents is 1. The third-order valence-corrected chi connectivity index (χ3v) is 5.64. The molecule has 1 rings (SSSR count). The quantitative estimate of drug-likeness (QED) is 0.240. The predicted octanol–water partition coefficient (Wildman–Crippen LogP) is 8.59. The molecule has 0 unspecified atom stereocenters.